The van der Waals surface area contributed by atoms with Crippen molar-refractivity contribution in [3.05, 3.63) is 59.7 Å². The average Bonchev–Trinajstić information content (AvgIpc) is 3.42. The minimum absolute atomic E-state index is 0.00727. The van der Waals surface area contributed by atoms with Crippen LogP contribution in [-0.4, -0.2) is 55.5 Å². The van der Waals surface area contributed by atoms with Crippen molar-refractivity contribution in [2.24, 2.45) is 11.8 Å². The second-order valence-electron chi connectivity index (χ2n) is 8.58. The molecule has 1 saturated heterocycles. The molecular formula is C25H28N2O6. The fourth-order valence-electron chi connectivity index (χ4n) is 4.36. The lowest BCUT2D eigenvalue weighted by Crippen LogP contribution is -2.36. The molecule has 4 rings (SSSR count). The molecule has 0 spiro atoms. The van der Waals surface area contributed by atoms with Crippen LogP contribution in [0.3, 0.4) is 0 Å². The Morgan fingerprint density at radius 3 is 2.33 bits per heavy atom. The van der Waals surface area contributed by atoms with Gasteiger partial charge in [-0.1, -0.05) is 55.5 Å². The zero-order chi connectivity index (χ0) is 23.4. The predicted molar refractivity (Wildman–Crippen MR) is 121 cm³/mol. The fourth-order valence-corrected chi connectivity index (χ4v) is 4.36. The van der Waals surface area contributed by atoms with Gasteiger partial charge in [0.05, 0.1) is 24.5 Å². The van der Waals surface area contributed by atoms with E-state index in [1.165, 1.54) is 18.1 Å². The van der Waals surface area contributed by atoms with Crippen molar-refractivity contribution in [2.75, 3.05) is 26.3 Å². The molecule has 0 bridgehead atoms. The van der Waals surface area contributed by atoms with E-state index in [-0.39, 0.29) is 50.2 Å². The highest BCUT2D eigenvalue weighted by molar-refractivity contribution is 5.80. The highest BCUT2D eigenvalue weighted by atomic mass is 16.5. The maximum absolute atomic E-state index is 12.3. The summed E-state index contributed by atoms with van der Waals surface area (Å²) in [5.74, 6) is -2.20. The van der Waals surface area contributed by atoms with Crippen molar-refractivity contribution in [1.29, 1.82) is 0 Å². The van der Waals surface area contributed by atoms with Crippen LogP contribution in [0.1, 0.15) is 30.4 Å². The van der Waals surface area contributed by atoms with Gasteiger partial charge in [-0.15, -0.1) is 0 Å². The summed E-state index contributed by atoms with van der Waals surface area (Å²) in [6.07, 6.45) is -0.363. The third-order valence-electron chi connectivity index (χ3n) is 6.27. The van der Waals surface area contributed by atoms with Gasteiger partial charge in [0.2, 0.25) is 5.91 Å². The quantitative estimate of drug-likeness (QED) is 0.568. The Morgan fingerprint density at radius 2 is 1.70 bits per heavy atom. The minimum atomic E-state index is -0.955. The second kappa shape index (κ2) is 10.0. The van der Waals surface area contributed by atoms with Crippen LogP contribution in [0.4, 0.5) is 4.79 Å². The summed E-state index contributed by atoms with van der Waals surface area (Å²) >= 11 is 0. The van der Waals surface area contributed by atoms with Crippen molar-refractivity contribution in [2.45, 2.75) is 25.4 Å². The van der Waals surface area contributed by atoms with Crippen molar-refractivity contribution < 1.29 is 29.0 Å². The lowest BCUT2D eigenvalue weighted by atomic mass is 9.98. The molecule has 8 nitrogen and oxygen atoms in total. The number of benzene rings is 2. The van der Waals surface area contributed by atoms with Gasteiger partial charge in [-0.05, 0) is 28.7 Å². The molecule has 2 aromatic carbocycles. The van der Waals surface area contributed by atoms with Gasteiger partial charge in [0.25, 0.3) is 0 Å². The molecule has 1 fully saturated rings. The molecule has 174 valence electrons. The molecule has 3 atom stereocenters. The zero-order valence-corrected chi connectivity index (χ0v) is 18.5. The van der Waals surface area contributed by atoms with Crippen LogP contribution in [0.15, 0.2) is 48.5 Å². The number of fused-ring (bicyclic) bond motifs is 3. The molecule has 3 N–H and O–H groups in total. The Morgan fingerprint density at radius 1 is 1.06 bits per heavy atom. The normalized spacial score (nSPS) is 19.9. The Hall–Kier alpha value is -3.39. The first-order valence-electron chi connectivity index (χ1n) is 11.1. The minimum Gasteiger partial charge on any atom is -0.481 e. The first kappa shape index (κ1) is 22.8. The average molecular weight is 453 g/mol. The van der Waals surface area contributed by atoms with E-state index in [1.807, 2.05) is 24.3 Å². The third-order valence-corrected chi connectivity index (χ3v) is 6.27. The summed E-state index contributed by atoms with van der Waals surface area (Å²) in [6.45, 7) is 2.33. The largest absolute Gasteiger partial charge is 0.481 e. The summed E-state index contributed by atoms with van der Waals surface area (Å²) in [4.78, 5) is 35.4. The smallest absolute Gasteiger partial charge is 0.407 e. The summed E-state index contributed by atoms with van der Waals surface area (Å²) in [5, 5.41) is 14.3. The number of carbonyl (C=O) groups is 3. The monoisotopic (exact) mass is 452 g/mol. The van der Waals surface area contributed by atoms with Gasteiger partial charge in [-0.25, -0.2) is 4.79 Å². The number of carbonyl (C=O) groups excluding carboxylic acids is 2. The molecule has 2 aromatic rings. The fraction of sp³-hybridized carbons (Fsp3) is 0.400. The van der Waals surface area contributed by atoms with Gasteiger partial charge in [-0.2, -0.15) is 0 Å². The molecule has 8 heteroatoms. The second-order valence-corrected chi connectivity index (χ2v) is 8.58. The first-order valence-corrected chi connectivity index (χ1v) is 11.1. The van der Waals surface area contributed by atoms with E-state index in [2.05, 4.69) is 34.9 Å². The van der Waals surface area contributed by atoms with Gasteiger partial charge in [0.15, 0.2) is 0 Å². The zero-order valence-electron chi connectivity index (χ0n) is 18.5. The SMILES string of the molecule is CC(CNC(=O)C1COC(CNC(=O)OCC2c3ccccc3-c3ccccc32)C1)C(=O)O. The summed E-state index contributed by atoms with van der Waals surface area (Å²) in [6, 6.07) is 16.3. The van der Waals surface area contributed by atoms with Crippen LogP contribution in [0.2, 0.25) is 0 Å². The van der Waals surface area contributed by atoms with E-state index >= 15 is 0 Å². The lowest BCUT2D eigenvalue weighted by molar-refractivity contribution is -0.141. The van der Waals surface area contributed by atoms with E-state index < -0.39 is 18.0 Å². The number of alkyl carbamates (subject to hydrolysis) is 1. The maximum Gasteiger partial charge on any atom is 0.407 e. The van der Waals surface area contributed by atoms with Gasteiger partial charge in [0.1, 0.15) is 6.61 Å². The molecule has 2 aliphatic rings. The Bertz CT molecular complexity index is 994. The molecular weight excluding hydrogens is 424 g/mol. The van der Waals surface area contributed by atoms with Crippen LogP contribution in [0, 0.1) is 11.8 Å². The van der Waals surface area contributed by atoms with Crippen LogP contribution in [-0.2, 0) is 19.1 Å². The van der Waals surface area contributed by atoms with Gasteiger partial charge >= 0.3 is 12.1 Å². The summed E-state index contributed by atoms with van der Waals surface area (Å²) in [5.41, 5.74) is 4.64. The third kappa shape index (κ3) is 5.17. The lowest BCUT2D eigenvalue weighted by Gasteiger charge is -2.16. The highest BCUT2D eigenvalue weighted by Gasteiger charge is 2.32. The van der Waals surface area contributed by atoms with E-state index in [0.717, 1.165) is 11.1 Å². The Balaban J connectivity index is 1.22. The number of amides is 2. The molecule has 0 radical (unpaired) electrons. The van der Waals surface area contributed by atoms with Gasteiger partial charge < -0.3 is 25.2 Å². The summed E-state index contributed by atoms with van der Waals surface area (Å²) in [7, 11) is 0. The van der Waals surface area contributed by atoms with Crippen LogP contribution >= 0.6 is 0 Å². The number of hydrogen-bond donors (Lipinski definition) is 3. The van der Waals surface area contributed by atoms with Gasteiger partial charge in [0, 0.05) is 19.0 Å². The van der Waals surface area contributed by atoms with Crippen LogP contribution in [0.5, 0.6) is 0 Å². The number of carboxylic acids is 1. The molecule has 0 aromatic heterocycles. The number of hydrogen-bond acceptors (Lipinski definition) is 5. The molecule has 1 heterocycles. The van der Waals surface area contributed by atoms with Gasteiger partial charge in [-0.3, -0.25) is 9.59 Å². The van der Waals surface area contributed by atoms with Crippen molar-refractivity contribution in [1.82, 2.24) is 10.6 Å². The number of aliphatic carboxylic acids is 1. The maximum atomic E-state index is 12.3. The Labute approximate surface area is 192 Å². The highest BCUT2D eigenvalue weighted by Crippen LogP contribution is 2.44. The Kier molecular flexibility index (Phi) is 6.93. The molecule has 2 amide bonds. The van der Waals surface area contributed by atoms with Crippen molar-refractivity contribution in [3.8, 4) is 11.1 Å². The van der Waals surface area contributed by atoms with Crippen molar-refractivity contribution in [3.63, 3.8) is 0 Å². The van der Waals surface area contributed by atoms with E-state index in [0.29, 0.717) is 6.42 Å². The number of rotatable bonds is 8. The van der Waals surface area contributed by atoms with E-state index in [4.69, 9.17) is 14.6 Å². The van der Waals surface area contributed by atoms with Crippen LogP contribution < -0.4 is 10.6 Å². The van der Waals surface area contributed by atoms with E-state index in [1.54, 1.807) is 0 Å². The van der Waals surface area contributed by atoms with E-state index in [9.17, 15) is 14.4 Å². The van der Waals surface area contributed by atoms with Crippen LogP contribution in [0.25, 0.3) is 11.1 Å². The molecule has 1 aliphatic carbocycles. The molecule has 1 aliphatic heterocycles. The predicted octanol–water partition coefficient (Wildman–Crippen LogP) is 2.77. The number of carboxylic acid groups (broad SMARTS) is 1. The molecule has 33 heavy (non-hydrogen) atoms. The molecule has 0 saturated carbocycles. The number of ether oxygens (including phenoxy) is 2. The standard InChI is InChI=1S/C25H28N2O6/c1-15(24(29)30)11-26-23(28)16-10-17(32-13-16)12-27-25(31)33-14-22-20-8-4-2-6-18(20)19-7-3-5-9-21(19)22/h2-9,15-17,22H,10-14H2,1H3,(H,26,28)(H,27,31)(H,29,30). The number of nitrogens with one attached hydrogen (secondary N) is 2. The summed E-state index contributed by atoms with van der Waals surface area (Å²) < 4.78 is 11.1. The van der Waals surface area contributed by atoms with Crippen molar-refractivity contribution >= 4 is 18.0 Å². The first-order chi connectivity index (χ1) is 15.9. The molecule has 3 unspecified atom stereocenters. The topological polar surface area (TPSA) is 114 Å².